The molecule has 0 fully saturated rings. The lowest BCUT2D eigenvalue weighted by Crippen LogP contribution is -2.28. The number of amides is 1. The zero-order valence-corrected chi connectivity index (χ0v) is 11.4. The molecule has 0 unspecified atom stereocenters. The third-order valence-corrected chi connectivity index (χ3v) is 3.02. The number of rotatable bonds is 3. The van der Waals surface area contributed by atoms with Gasteiger partial charge in [0, 0.05) is 11.9 Å². The Morgan fingerprint density at radius 3 is 2.91 bits per heavy atom. The van der Waals surface area contributed by atoms with Crippen LogP contribution in [-0.2, 0) is 11.3 Å². The topological polar surface area (TPSA) is 76.9 Å². The molecular formula is C15H11FN4O2. The smallest absolute Gasteiger partial charge is 0.263 e. The van der Waals surface area contributed by atoms with E-state index in [1.807, 2.05) is 0 Å². The number of nitrogens with zero attached hydrogens (tertiary/aromatic N) is 3. The Bertz CT molecular complexity index is 907. The van der Waals surface area contributed by atoms with Gasteiger partial charge in [0.1, 0.15) is 18.7 Å². The Kier molecular flexibility index (Phi) is 3.61. The predicted octanol–water partition coefficient (Wildman–Crippen LogP) is 1.57. The number of nitrogens with one attached hydrogen (secondary N) is 1. The monoisotopic (exact) mass is 298 g/mol. The lowest BCUT2D eigenvalue weighted by molar-refractivity contribution is -0.116. The van der Waals surface area contributed by atoms with Crippen molar-refractivity contribution in [2.45, 2.75) is 6.54 Å². The molecule has 22 heavy (non-hydrogen) atoms. The Balaban J connectivity index is 1.82. The fourth-order valence-electron chi connectivity index (χ4n) is 2.03. The second kappa shape index (κ2) is 5.72. The van der Waals surface area contributed by atoms with E-state index in [-0.39, 0.29) is 12.1 Å². The first-order chi connectivity index (χ1) is 10.6. The van der Waals surface area contributed by atoms with Gasteiger partial charge in [0.2, 0.25) is 5.91 Å². The van der Waals surface area contributed by atoms with Crippen molar-refractivity contribution in [2.75, 3.05) is 5.32 Å². The predicted molar refractivity (Wildman–Crippen MR) is 78.8 cm³/mol. The van der Waals surface area contributed by atoms with Crippen LogP contribution in [0.2, 0.25) is 0 Å². The van der Waals surface area contributed by atoms with Crippen molar-refractivity contribution >= 4 is 22.6 Å². The number of carbonyl (C=O) groups excluding carboxylic acids is 1. The average molecular weight is 298 g/mol. The molecule has 7 heteroatoms. The van der Waals surface area contributed by atoms with Crippen molar-refractivity contribution in [3.8, 4) is 0 Å². The van der Waals surface area contributed by atoms with E-state index in [4.69, 9.17) is 0 Å². The zero-order chi connectivity index (χ0) is 15.5. The highest BCUT2D eigenvalue weighted by molar-refractivity contribution is 5.90. The number of hydrogen-bond donors (Lipinski definition) is 1. The molecule has 3 rings (SSSR count). The van der Waals surface area contributed by atoms with E-state index in [0.717, 1.165) is 0 Å². The van der Waals surface area contributed by atoms with Gasteiger partial charge in [0.25, 0.3) is 5.56 Å². The van der Waals surface area contributed by atoms with Gasteiger partial charge in [0.15, 0.2) is 5.65 Å². The molecule has 1 N–H and O–H groups in total. The van der Waals surface area contributed by atoms with E-state index in [9.17, 15) is 14.0 Å². The molecule has 0 atom stereocenters. The fraction of sp³-hybridized carbons (Fsp3) is 0.0667. The number of benzene rings is 1. The van der Waals surface area contributed by atoms with Gasteiger partial charge in [-0.2, -0.15) is 0 Å². The van der Waals surface area contributed by atoms with Gasteiger partial charge in [-0.1, -0.05) is 6.07 Å². The SMILES string of the molecule is O=C(Cn1cnc2ncccc2c1=O)Nc1cccc(F)c1. The maximum atomic E-state index is 13.1. The summed E-state index contributed by atoms with van der Waals surface area (Å²) in [6.45, 7) is -0.215. The van der Waals surface area contributed by atoms with E-state index in [1.54, 1.807) is 18.2 Å². The van der Waals surface area contributed by atoms with Crippen LogP contribution in [0.1, 0.15) is 0 Å². The molecule has 0 aliphatic carbocycles. The first kappa shape index (κ1) is 13.9. The molecule has 2 heterocycles. The molecule has 0 aliphatic rings. The largest absolute Gasteiger partial charge is 0.324 e. The molecular weight excluding hydrogens is 287 g/mol. The Morgan fingerprint density at radius 1 is 1.23 bits per heavy atom. The minimum absolute atomic E-state index is 0.215. The maximum Gasteiger partial charge on any atom is 0.263 e. The van der Waals surface area contributed by atoms with E-state index in [1.165, 1.54) is 35.3 Å². The molecule has 1 aromatic carbocycles. The van der Waals surface area contributed by atoms with Gasteiger partial charge in [-0.3, -0.25) is 14.2 Å². The molecule has 0 spiro atoms. The number of fused-ring (bicyclic) bond motifs is 1. The van der Waals surface area contributed by atoms with Crippen LogP contribution in [0.4, 0.5) is 10.1 Å². The fourth-order valence-corrected chi connectivity index (χ4v) is 2.03. The van der Waals surface area contributed by atoms with Gasteiger partial charge < -0.3 is 5.32 Å². The summed E-state index contributed by atoms with van der Waals surface area (Å²) in [7, 11) is 0. The van der Waals surface area contributed by atoms with E-state index in [2.05, 4.69) is 15.3 Å². The van der Waals surface area contributed by atoms with Crippen LogP contribution in [0.5, 0.6) is 0 Å². The third-order valence-electron chi connectivity index (χ3n) is 3.02. The number of carbonyl (C=O) groups is 1. The molecule has 0 saturated carbocycles. The molecule has 1 amide bonds. The standard InChI is InChI=1S/C15H11FN4O2/c16-10-3-1-4-11(7-10)19-13(21)8-20-9-18-14-12(15(20)22)5-2-6-17-14/h1-7,9H,8H2,(H,19,21). The summed E-state index contributed by atoms with van der Waals surface area (Å²) in [5.41, 5.74) is 0.301. The second-order valence-electron chi connectivity index (χ2n) is 4.61. The summed E-state index contributed by atoms with van der Waals surface area (Å²) < 4.78 is 14.2. The number of hydrogen-bond acceptors (Lipinski definition) is 4. The van der Waals surface area contributed by atoms with Crippen molar-refractivity contribution in [3.63, 3.8) is 0 Å². The summed E-state index contributed by atoms with van der Waals surface area (Å²) in [4.78, 5) is 32.2. The molecule has 0 radical (unpaired) electrons. The first-order valence-electron chi connectivity index (χ1n) is 6.49. The minimum Gasteiger partial charge on any atom is -0.324 e. The zero-order valence-electron chi connectivity index (χ0n) is 11.4. The van der Waals surface area contributed by atoms with Gasteiger partial charge in [-0.15, -0.1) is 0 Å². The molecule has 2 aromatic heterocycles. The highest BCUT2D eigenvalue weighted by Gasteiger charge is 2.09. The Morgan fingerprint density at radius 2 is 2.09 bits per heavy atom. The van der Waals surface area contributed by atoms with Crippen LogP contribution in [0.15, 0.2) is 53.7 Å². The summed E-state index contributed by atoms with van der Waals surface area (Å²) in [6.07, 6.45) is 2.80. The highest BCUT2D eigenvalue weighted by Crippen LogP contribution is 2.09. The average Bonchev–Trinajstić information content (AvgIpc) is 2.50. The maximum absolute atomic E-state index is 13.1. The second-order valence-corrected chi connectivity index (χ2v) is 4.61. The van der Waals surface area contributed by atoms with Gasteiger partial charge in [-0.25, -0.2) is 14.4 Å². The van der Waals surface area contributed by atoms with Crippen LogP contribution < -0.4 is 10.9 Å². The molecule has 0 bridgehead atoms. The van der Waals surface area contributed by atoms with Crippen molar-refractivity contribution < 1.29 is 9.18 Å². The highest BCUT2D eigenvalue weighted by atomic mass is 19.1. The van der Waals surface area contributed by atoms with Crippen LogP contribution in [0.3, 0.4) is 0 Å². The molecule has 0 saturated heterocycles. The van der Waals surface area contributed by atoms with Crippen LogP contribution in [0.25, 0.3) is 11.0 Å². The Labute approximate surface area is 124 Å². The van der Waals surface area contributed by atoms with Crippen molar-refractivity contribution in [2.24, 2.45) is 0 Å². The van der Waals surface area contributed by atoms with Gasteiger partial charge in [0.05, 0.1) is 5.39 Å². The van der Waals surface area contributed by atoms with Crippen LogP contribution in [-0.4, -0.2) is 20.4 Å². The lowest BCUT2D eigenvalue weighted by Gasteiger charge is -2.07. The molecule has 6 nitrogen and oxygen atoms in total. The number of aromatic nitrogens is 3. The molecule has 3 aromatic rings. The van der Waals surface area contributed by atoms with Crippen molar-refractivity contribution in [1.82, 2.24) is 14.5 Å². The summed E-state index contributed by atoms with van der Waals surface area (Å²) in [5, 5.41) is 2.86. The van der Waals surface area contributed by atoms with Crippen molar-refractivity contribution in [3.05, 3.63) is 65.1 Å². The van der Waals surface area contributed by atoms with Crippen LogP contribution in [0, 0.1) is 5.82 Å². The minimum atomic E-state index is -0.451. The van der Waals surface area contributed by atoms with Crippen LogP contribution >= 0.6 is 0 Å². The van der Waals surface area contributed by atoms with Gasteiger partial charge >= 0.3 is 0 Å². The summed E-state index contributed by atoms with van der Waals surface area (Å²) in [5.74, 6) is -0.897. The lowest BCUT2D eigenvalue weighted by atomic mass is 10.3. The van der Waals surface area contributed by atoms with E-state index >= 15 is 0 Å². The van der Waals surface area contributed by atoms with E-state index < -0.39 is 11.7 Å². The van der Waals surface area contributed by atoms with E-state index in [0.29, 0.717) is 16.7 Å². The van der Waals surface area contributed by atoms with Crippen molar-refractivity contribution in [1.29, 1.82) is 0 Å². The molecule has 110 valence electrons. The number of halogens is 1. The Hall–Kier alpha value is -3.09. The van der Waals surface area contributed by atoms with Gasteiger partial charge in [-0.05, 0) is 30.3 Å². The molecule has 0 aliphatic heterocycles. The number of anilines is 1. The quantitative estimate of drug-likeness (QED) is 0.796. The number of pyridine rings is 1. The summed E-state index contributed by atoms with van der Waals surface area (Å²) >= 11 is 0. The first-order valence-corrected chi connectivity index (χ1v) is 6.49. The third kappa shape index (κ3) is 2.83. The summed E-state index contributed by atoms with van der Waals surface area (Å²) in [6, 6.07) is 8.75. The normalized spacial score (nSPS) is 10.6.